The lowest BCUT2D eigenvalue weighted by Crippen LogP contribution is -2.33. The van der Waals surface area contributed by atoms with Crippen LogP contribution in [0.25, 0.3) is 0 Å². The Balaban J connectivity index is 2.89. The minimum absolute atomic E-state index is 0.314. The molecule has 0 bridgehead atoms. The minimum atomic E-state index is -4.14. The molecule has 0 aliphatic rings. The van der Waals surface area contributed by atoms with Crippen molar-refractivity contribution in [2.24, 2.45) is 0 Å². The Morgan fingerprint density at radius 2 is 2.04 bits per heavy atom. The molecule has 1 aromatic rings. The normalized spacial score (nSPS) is 12.5. The number of nitrogens with one attached hydrogen (secondary N) is 1. The summed E-state index contributed by atoms with van der Waals surface area (Å²) in [6, 6.07) is 3.43. The van der Waals surface area contributed by atoms with Gasteiger partial charge in [0, 0.05) is 6.07 Å². The van der Waals surface area contributed by atoms with Crippen LogP contribution < -0.4 is 4.72 Å². The molecule has 1 N–H and O–H groups in total. The highest BCUT2D eigenvalue weighted by atomic mass is 32.2. The first kappa shape index (κ1) is 20.1. The molecular formula is C13H16N2O7S2. The summed E-state index contributed by atoms with van der Waals surface area (Å²) in [4.78, 5) is 32.7. The fourth-order valence-electron chi connectivity index (χ4n) is 1.54. The fraction of sp³-hybridized carbons (Fsp3) is 0.385. The zero-order chi connectivity index (χ0) is 18.5. The van der Waals surface area contributed by atoms with Crippen molar-refractivity contribution in [3.8, 4) is 0 Å². The maximum atomic E-state index is 12.1. The number of hydrogen-bond acceptors (Lipinski definition) is 8. The molecule has 0 amide bonds. The Kier molecular flexibility index (Phi) is 6.87. The van der Waals surface area contributed by atoms with Crippen molar-refractivity contribution in [2.45, 2.75) is 29.7 Å². The van der Waals surface area contributed by atoms with Gasteiger partial charge in [-0.15, -0.1) is 11.8 Å². The molecule has 132 valence electrons. The Hall–Kier alpha value is -1.98. The highest BCUT2D eigenvalue weighted by Gasteiger charge is 2.22. The van der Waals surface area contributed by atoms with Crippen molar-refractivity contribution >= 4 is 39.2 Å². The zero-order valence-electron chi connectivity index (χ0n) is 13.1. The lowest BCUT2D eigenvalue weighted by molar-refractivity contribution is -0.387. The lowest BCUT2D eigenvalue weighted by Gasteiger charge is -2.11. The highest BCUT2D eigenvalue weighted by Crippen LogP contribution is 2.29. The molecule has 0 aliphatic carbocycles. The molecular weight excluding hydrogens is 360 g/mol. The van der Waals surface area contributed by atoms with Gasteiger partial charge in [-0.25, -0.2) is 8.42 Å². The highest BCUT2D eigenvalue weighted by molar-refractivity contribution is 7.98. The molecule has 9 nitrogen and oxygen atoms in total. The lowest BCUT2D eigenvalue weighted by atomic mass is 10.3. The molecule has 1 unspecified atom stereocenters. The molecule has 0 fully saturated rings. The van der Waals surface area contributed by atoms with E-state index in [2.05, 4.69) is 0 Å². The number of nitro groups is 1. The third-order valence-electron chi connectivity index (χ3n) is 2.94. The number of ketones is 1. The summed E-state index contributed by atoms with van der Waals surface area (Å²) in [5.41, 5.74) is -0.349. The van der Waals surface area contributed by atoms with Gasteiger partial charge in [-0.05, 0) is 32.2 Å². The van der Waals surface area contributed by atoms with Crippen LogP contribution >= 0.6 is 11.8 Å². The van der Waals surface area contributed by atoms with E-state index in [1.807, 2.05) is 4.72 Å². The second-order valence-electron chi connectivity index (χ2n) is 4.66. The van der Waals surface area contributed by atoms with E-state index in [4.69, 9.17) is 4.74 Å². The summed E-state index contributed by atoms with van der Waals surface area (Å²) >= 11 is 1.11. The van der Waals surface area contributed by atoms with Gasteiger partial charge in [0.25, 0.3) is 5.69 Å². The van der Waals surface area contributed by atoms with Crippen LogP contribution in [-0.4, -0.2) is 44.0 Å². The molecule has 0 saturated heterocycles. The number of benzene rings is 1. The molecule has 0 spiro atoms. The number of nitro benzene ring substituents is 1. The van der Waals surface area contributed by atoms with Gasteiger partial charge in [0.2, 0.25) is 10.0 Å². The monoisotopic (exact) mass is 376 g/mol. The van der Waals surface area contributed by atoms with Gasteiger partial charge < -0.3 is 4.74 Å². The molecule has 1 atom stereocenters. The smallest absolute Gasteiger partial charge is 0.321 e. The molecule has 0 aliphatic heterocycles. The third-order valence-corrected chi connectivity index (χ3v) is 5.13. The average Bonchev–Trinajstić information content (AvgIpc) is 2.52. The standard InChI is InChI=1S/C13H16N2O7S2/c1-8(16)9(2)22-13(17)7-14-24(20,21)10-4-5-12(23-3)11(6-10)15(18)19/h4-6,9,14H,7H2,1-3H3. The van der Waals surface area contributed by atoms with Crippen LogP contribution in [0.3, 0.4) is 0 Å². The van der Waals surface area contributed by atoms with Crippen molar-refractivity contribution in [2.75, 3.05) is 12.8 Å². The van der Waals surface area contributed by atoms with Gasteiger partial charge in [-0.3, -0.25) is 19.7 Å². The number of rotatable bonds is 8. The van der Waals surface area contributed by atoms with E-state index in [0.717, 1.165) is 17.8 Å². The number of hydrogen-bond donors (Lipinski definition) is 1. The predicted molar refractivity (Wildman–Crippen MR) is 86.3 cm³/mol. The van der Waals surface area contributed by atoms with E-state index in [9.17, 15) is 28.1 Å². The van der Waals surface area contributed by atoms with Crippen LogP contribution in [0.5, 0.6) is 0 Å². The van der Waals surface area contributed by atoms with Crippen LogP contribution in [0, 0.1) is 10.1 Å². The topological polar surface area (TPSA) is 133 Å². The second-order valence-corrected chi connectivity index (χ2v) is 7.27. The number of esters is 1. The van der Waals surface area contributed by atoms with Gasteiger partial charge in [-0.1, -0.05) is 0 Å². The Morgan fingerprint density at radius 3 is 2.54 bits per heavy atom. The predicted octanol–water partition coefficient (Wildman–Crippen LogP) is 1.12. The first-order valence-corrected chi connectivity index (χ1v) is 9.31. The van der Waals surface area contributed by atoms with Crippen LogP contribution in [-0.2, 0) is 24.3 Å². The molecule has 0 aromatic heterocycles. The van der Waals surface area contributed by atoms with E-state index in [0.29, 0.717) is 4.90 Å². The zero-order valence-corrected chi connectivity index (χ0v) is 14.8. The quantitative estimate of drug-likeness (QED) is 0.309. The Bertz CT molecular complexity index is 762. The van der Waals surface area contributed by atoms with Crippen molar-refractivity contribution in [1.29, 1.82) is 0 Å². The first-order chi connectivity index (χ1) is 11.1. The molecule has 11 heteroatoms. The van der Waals surface area contributed by atoms with Crippen LogP contribution in [0.4, 0.5) is 5.69 Å². The summed E-state index contributed by atoms with van der Waals surface area (Å²) in [5.74, 6) is -1.31. The Morgan fingerprint density at radius 1 is 1.42 bits per heavy atom. The summed E-state index contributed by atoms with van der Waals surface area (Å²) < 4.78 is 30.9. The third kappa shape index (κ3) is 5.28. The van der Waals surface area contributed by atoms with Crippen molar-refractivity contribution in [3.63, 3.8) is 0 Å². The molecule has 24 heavy (non-hydrogen) atoms. The van der Waals surface area contributed by atoms with Gasteiger partial charge in [-0.2, -0.15) is 4.72 Å². The first-order valence-electron chi connectivity index (χ1n) is 6.60. The van der Waals surface area contributed by atoms with Crippen LogP contribution in [0.2, 0.25) is 0 Å². The van der Waals surface area contributed by atoms with Gasteiger partial charge >= 0.3 is 5.97 Å². The van der Waals surface area contributed by atoms with Gasteiger partial charge in [0.05, 0.1) is 14.7 Å². The van der Waals surface area contributed by atoms with Gasteiger partial charge in [0.15, 0.2) is 11.9 Å². The largest absolute Gasteiger partial charge is 0.454 e. The van der Waals surface area contributed by atoms with Crippen molar-refractivity contribution in [1.82, 2.24) is 4.72 Å². The number of nitrogens with zero attached hydrogens (tertiary/aromatic N) is 1. The minimum Gasteiger partial charge on any atom is -0.454 e. The van der Waals surface area contributed by atoms with E-state index in [1.165, 1.54) is 26.0 Å². The number of thioether (sulfide) groups is 1. The van der Waals surface area contributed by atoms with Crippen LogP contribution in [0.1, 0.15) is 13.8 Å². The summed E-state index contributed by atoms with van der Waals surface area (Å²) in [6.45, 7) is 1.89. The number of Topliss-reactive ketones (excluding diaryl/α,β-unsaturated/α-hetero) is 1. The Labute approximate surface area is 143 Å². The summed E-state index contributed by atoms with van der Waals surface area (Å²) in [6.07, 6.45) is 0.643. The molecule has 0 radical (unpaired) electrons. The maximum absolute atomic E-state index is 12.1. The summed E-state index contributed by atoms with van der Waals surface area (Å²) in [7, 11) is -4.14. The fourth-order valence-corrected chi connectivity index (χ4v) is 3.07. The molecule has 0 saturated carbocycles. The average molecular weight is 376 g/mol. The van der Waals surface area contributed by atoms with E-state index in [-0.39, 0.29) is 16.4 Å². The number of sulfonamides is 1. The number of carbonyl (C=O) groups excluding carboxylic acids is 2. The second kappa shape index (κ2) is 8.22. The van der Waals surface area contributed by atoms with Crippen LogP contribution in [0.15, 0.2) is 28.0 Å². The SMILES string of the molecule is CSc1ccc(S(=O)(=O)NCC(=O)OC(C)C(C)=O)cc1[N+](=O)[O-]. The number of carbonyl (C=O) groups is 2. The number of ether oxygens (including phenoxy) is 1. The molecule has 1 rings (SSSR count). The molecule has 0 heterocycles. The van der Waals surface area contributed by atoms with Crippen molar-refractivity contribution in [3.05, 3.63) is 28.3 Å². The van der Waals surface area contributed by atoms with Crippen molar-refractivity contribution < 1.29 is 27.7 Å². The van der Waals surface area contributed by atoms with Gasteiger partial charge in [0.1, 0.15) is 6.54 Å². The maximum Gasteiger partial charge on any atom is 0.321 e. The van der Waals surface area contributed by atoms with E-state index in [1.54, 1.807) is 6.26 Å². The molecule has 1 aromatic carbocycles. The summed E-state index contributed by atoms with van der Waals surface area (Å²) in [5, 5.41) is 11.0. The van der Waals surface area contributed by atoms with E-state index < -0.39 is 33.6 Å². The van der Waals surface area contributed by atoms with E-state index >= 15 is 0 Å².